The Morgan fingerprint density at radius 2 is 1.70 bits per heavy atom. The molecule has 1 aliphatic carbocycles. The number of benzene rings is 1. The van der Waals surface area contributed by atoms with Gasteiger partial charge < -0.3 is 14.2 Å². The van der Waals surface area contributed by atoms with Crippen molar-refractivity contribution in [2.24, 2.45) is 0 Å². The van der Waals surface area contributed by atoms with E-state index in [1.807, 2.05) is 0 Å². The number of carbonyl (C=O) groups excluding carboxylic acids is 2. The van der Waals surface area contributed by atoms with E-state index in [0.717, 1.165) is 30.6 Å². The van der Waals surface area contributed by atoms with Crippen molar-refractivity contribution in [1.29, 1.82) is 0 Å². The van der Waals surface area contributed by atoms with E-state index in [2.05, 4.69) is 5.32 Å². The summed E-state index contributed by atoms with van der Waals surface area (Å²) in [6, 6.07) is 5.84. The number of rotatable bonds is 6. The molecule has 9 heteroatoms. The molecule has 1 aromatic rings. The van der Waals surface area contributed by atoms with Crippen molar-refractivity contribution in [3.05, 3.63) is 24.3 Å². The van der Waals surface area contributed by atoms with Crippen molar-refractivity contribution < 1.29 is 26.9 Å². The van der Waals surface area contributed by atoms with Crippen molar-refractivity contribution in [3.63, 3.8) is 0 Å². The normalized spacial score (nSPS) is 19.7. The molecule has 1 heterocycles. The third-order valence-electron chi connectivity index (χ3n) is 5.05. The van der Waals surface area contributed by atoms with Gasteiger partial charge in [-0.15, -0.1) is 0 Å². The van der Waals surface area contributed by atoms with Gasteiger partial charge in [-0.1, -0.05) is 37.8 Å². The third-order valence-corrected chi connectivity index (χ3v) is 6.17. The van der Waals surface area contributed by atoms with Gasteiger partial charge in [0.05, 0.1) is 7.11 Å². The van der Waals surface area contributed by atoms with Gasteiger partial charge in [-0.05, 0) is 25.0 Å². The maximum Gasteiger partial charge on any atom is 0.325 e. The van der Waals surface area contributed by atoms with E-state index in [9.17, 15) is 18.0 Å². The Morgan fingerprint density at radius 3 is 2.33 bits per heavy atom. The van der Waals surface area contributed by atoms with E-state index in [1.54, 1.807) is 18.2 Å². The Bertz CT molecular complexity index is 815. The molecular weight excluding hydrogens is 372 g/mol. The van der Waals surface area contributed by atoms with Gasteiger partial charge >= 0.3 is 16.1 Å². The van der Waals surface area contributed by atoms with Crippen LogP contribution in [-0.4, -0.2) is 50.2 Å². The van der Waals surface area contributed by atoms with Gasteiger partial charge in [0, 0.05) is 6.54 Å². The lowest BCUT2D eigenvalue weighted by Gasteiger charge is -2.24. The molecule has 0 atom stereocenters. The number of amides is 3. The molecule has 0 unspecified atom stereocenters. The highest BCUT2D eigenvalue weighted by molar-refractivity contribution is 7.87. The molecule has 1 saturated carbocycles. The summed E-state index contributed by atoms with van der Waals surface area (Å²) in [7, 11) is -2.59. The summed E-state index contributed by atoms with van der Waals surface area (Å²) >= 11 is 0. The smallest absolute Gasteiger partial charge is 0.325 e. The number of nitrogens with zero attached hydrogens (tertiary/aromatic N) is 1. The monoisotopic (exact) mass is 396 g/mol. The summed E-state index contributed by atoms with van der Waals surface area (Å²) in [6.45, 7) is -0.246. The highest BCUT2D eigenvalue weighted by Gasteiger charge is 2.50. The number of hydrogen-bond acceptors (Lipinski definition) is 6. The number of imide groups is 1. The minimum Gasteiger partial charge on any atom is -0.493 e. The largest absolute Gasteiger partial charge is 0.493 e. The topological polar surface area (TPSA) is 102 Å². The average molecular weight is 396 g/mol. The van der Waals surface area contributed by atoms with Crippen LogP contribution in [0.25, 0.3) is 0 Å². The van der Waals surface area contributed by atoms with E-state index >= 15 is 0 Å². The summed E-state index contributed by atoms with van der Waals surface area (Å²) in [5.74, 6) is -0.465. The second-order valence-corrected chi connectivity index (χ2v) is 8.57. The van der Waals surface area contributed by atoms with Gasteiger partial charge in [-0.2, -0.15) is 8.42 Å². The van der Waals surface area contributed by atoms with Crippen LogP contribution in [0, 0.1) is 0 Å². The Kier molecular flexibility index (Phi) is 5.59. The van der Waals surface area contributed by atoms with Crippen LogP contribution >= 0.6 is 0 Å². The Labute approximate surface area is 158 Å². The SMILES string of the molecule is COc1ccccc1OS(=O)(=O)CCN1C(=O)NC2(CCCCCC2)C1=O. The molecule has 1 spiro atoms. The first-order chi connectivity index (χ1) is 12.9. The van der Waals surface area contributed by atoms with Crippen LogP contribution in [0.1, 0.15) is 38.5 Å². The van der Waals surface area contributed by atoms with Crippen molar-refractivity contribution in [1.82, 2.24) is 10.2 Å². The van der Waals surface area contributed by atoms with Crippen LogP contribution in [0.3, 0.4) is 0 Å². The van der Waals surface area contributed by atoms with E-state index < -0.39 is 27.4 Å². The van der Waals surface area contributed by atoms with Crippen molar-refractivity contribution >= 4 is 22.1 Å². The predicted molar refractivity (Wildman–Crippen MR) is 98.1 cm³/mol. The van der Waals surface area contributed by atoms with Gasteiger partial charge in [0.25, 0.3) is 5.91 Å². The maximum absolute atomic E-state index is 12.8. The molecule has 0 bridgehead atoms. The highest BCUT2D eigenvalue weighted by atomic mass is 32.2. The molecule has 27 heavy (non-hydrogen) atoms. The van der Waals surface area contributed by atoms with E-state index in [0.29, 0.717) is 12.8 Å². The zero-order valence-electron chi connectivity index (χ0n) is 15.3. The molecule has 148 valence electrons. The van der Waals surface area contributed by atoms with E-state index in [-0.39, 0.29) is 24.0 Å². The quantitative estimate of drug-likeness (QED) is 0.583. The standard InChI is InChI=1S/C18H24N2O6S/c1-25-14-8-4-5-9-15(14)26-27(23,24)13-12-20-16(21)18(19-17(20)22)10-6-2-3-7-11-18/h4-5,8-9H,2-3,6-7,10-13H2,1H3,(H,19,22). The summed E-state index contributed by atoms with van der Waals surface area (Å²) < 4.78 is 34.8. The fourth-order valence-corrected chi connectivity index (χ4v) is 4.52. The fourth-order valence-electron chi connectivity index (χ4n) is 3.62. The number of para-hydroxylation sites is 2. The number of hydrogen-bond donors (Lipinski definition) is 1. The van der Waals surface area contributed by atoms with Crippen LogP contribution in [0.5, 0.6) is 11.5 Å². The number of methoxy groups -OCH3 is 1. The predicted octanol–water partition coefficient (Wildman–Crippen LogP) is 2.05. The first kappa shape index (κ1) is 19.5. The lowest BCUT2D eigenvalue weighted by atomic mass is 9.90. The fraction of sp³-hybridized carbons (Fsp3) is 0.556. The second kappa shape index (κ2) is 7.75. The van der Waals surface area contributed by atoms with Crippen LogP contribution in [0.15, 0.2) is 24.3 Å². The number of ether oxygens (including phenoxy) is 1. The lowest BCUT2D eigenvalue weighted by molar-refractivity contribution is -0.131. The van der Waals surface area contributed by atoms with Crippen molar-refractivity contribution in [2.45, 2.75) is 44.1 Å². The Balaban J connectivity index is 1.66. The van der Waals surface area contributed by atoms with Crippen LogP contribution in [-0.2, 0) is 14.9 Å². The first-order valence-electron chi connectivity index (χ1n) is 9.06. The summed E-state index contributed by atoms with van der Waals surface area (Å²) in [5.41, 5.74) is -0.874. The molecular formula is C18H24N2O6S. The second-order valence-electron chi connectivity index (χ2n) is 6.88. The average Bonchev–Trinajstić information content (AvgIpc) is 2.79. The highest BCUT2D eigenvalue weighted by Crippen LogP contribution is 2.33. The number of urea groups is 1. The van der Waals surface area contributed by atoms with E-state index in [1.165, 1.54) is 13.2 Å². The van der Waals surface area contributed by atoms with Gasteiger partial charge in [0.2, 0.25) is 0 Å². The number of carbonyl (C=O) groups is 2. The Morgan fingerprint density at radius 1 is 1.07 bits per heavy atom. The molecule has 0 radical (unpaired) electrons. The maximum atomic E-state index is 12.8. The Hall–Kier alpha value is -2.29. The molecule has 2 fully saturated rings. The zero-order chi connectivity index (χ0) is 19.5. The van der Waals surface area contributed by atoms with Crippen molar-refractivity contribution in [2.75, 3.05) is 19.4 Å². The number of nitrogens with one attached hydrogen (secondary N) is 1. The van der Waals surface area contributed by atoms with Gasteiger partial charge in [-0.3, -0.25) is 9.69 Å². The zero-order valence-corrected chi connectivity index (χ0v) is 16.1. The van der Waals surface area contributed by atoms with Crippen molar-refractivity contribution in [3.8, 4) is 11.5 Å². The first-order valence-corrected chi connectivity index (χ1v) is 10.6. The van der Waals surface area contributed by atoms with Crippen LogP contribution in [0.2, 0.25) is 0 Å². The van der Waals surface area contributed by atoms with Gasteiger partial charge in [0.1, 0.15) is 11.3 Å². The van der Waals surface area contributed by atoms with Gasteiger partial charge in [0.15, 0.2) is 11.5 Å². The molecule has 1 saturated heterocycles. The van der Waals surface area contributed by atoms with Crippen LogP contribution in [0.4, 0.5) is 4.79 Å². The molecule has 1 aliphatic heterocycles. The molecule has 2 aliphatic rings. The molecule has 1 N–H and O–H groups in total. The minimum atomic E-state index is -4.00. The summed E-state index contributed by atoms with van der Waals surface area (Å²) in [6.07, 6.45) is 5.00. The molecule has 8 nitrogen and oxygen atoms in total. The van der Waals surface area contributed by atoms with Crippen LogP contribution < -0.4 is 14.2 Å². The lowest BCUT2D eigenvalue weighted by Crippen LogP contribution is -2.46. The molecule has 3 rings (SSSR count). The molecule has 0 aromatic heterocycles. The third kappa shape index (κ3) is 4.18. The summed E-state index contributed by atoms with van der Waals surface area (Å²) in [5, 5.41) is 2.80. The van der Waals surface area contributed by atoms with Gasteiger partial charge in [-0.25, -0.2) is 4.79 Å². The molecule has 1 aromatic carbocycles. The minimum absolute atomic E-state index is 0.0671. The molecule has 3 amide bonds. The van der Waals surface area contributed by atoms with E-state index in [4.69, 9.17) is 8.92 Å². The summed E-state index contributed by atoms with van der Waals surface area (Å²) in [4.78, 5) is 26.1.